The molecule has 0 aliphatic carbocycles. The number of hydrogen-bond acceptors (Lipinski definition) is 7. The molecule has 1 atom stereocenters. The third-order valence-electron chi connectivity index (χ3n) is 7.72. The molecule has 0 radical (unpaired) electrons. The van der Waals surface area contributed by atoms with Crippen molar-refractivity contribution in [1.82, 2.24) is 24.4 Å². The van der Waals surface area contributed by atoms with Crippen LogP contribution in [0.15, 0.2) is 41.3 Å². The van der Waals surface area contributed by atoms with Crippen LogP contribution in [0.25, 0.3) is 28.0 Å². The molecule has 3 aromatic heterocycles. The summed E-state index contributed by atoms with van der Waals surface area (Å²) in [5.74, 6) is -0.0406. The smallest absolute Gasteiger partial charge is 0.410 e. The van der Waals surface area contributed by atoms with E-state index in [0.29, 0.717) is 53.4 Å². The summed E-state index contributed by atoms with van der Waals surface area (Å²) >= 11 is 6.84. The fourth-order valence-corrected chi connectivity index (χ4v) is 5.85. The highest BCUT2D eigenvalue weighted by atomic mass is 35.5. The van der Waals surface area contributed by atoms with Crippen LogP contribution in [0, 0.1) is 19.7 Å². The van der Waals surface area contributed by atoms with Gasteiger partial charge < -0.3 is 14.5 Å². The van der Waals surface area contributed by atoms with E-state index in [1.807, 2.05) is 59.4 Å². The normalized spacial score (nSPS) is 15.8. The predicted molar refractivity (Wildman–Crippen MR) is 172 cm³/mol. The van der Waals surface area contributed by atoms with Crippen molar-refractivity contribution >= 4 is 34.5 Å². The number of pyridine rings is 2. The highest BCUT2D eigenvalue weighted by Gasteiger charge is 2.33. The Hall–Kier alpha value is -4.05. The van der Waals surface area contributed by atoms with Crippen LogP contribution in [-0.2, 0) is 4.74 Å². The fraction of sp³-hybridized carbons (Fsp3) is 0.424. The summed E-state index contributed by atoms with van der Waals surface area (Å²) in [5.41, 5.74) is 2.17. The summed E-state index contributed by atoms with van der Waals surface area (Å²) in [7, 11) is 0. The maximum absolute atomic E-state index is 15.4. The first kappa shape index (κ1) is 31.4. The number of halogens is 2. The van der Waals surface area contributed by atoms with Crippen LogP contribution in [0.2, 0.25) is 5.02 Å². The lowest BCUT2D eigenvalue weighted by atomic mass is 10.0. The number of ether oxygens (including phenoxy) is 1. The molecule has 1 aromatic carbocycles. The number of carbonyl (C=O) groups is 1. The summed E-state index contributed by atoms with van der Waals surface area (Å²) in [5, 5.41) is 0.754. The molecule has 0 spiro atoms. The molecular formula is C33H38ClFN6O3. The lowest BCUT2D eigenvalue weighted by Gasteiger charge is -2.41. The Labute approximate surface area is 261 Å². The Bertz CT molecular complexity index is 1820. The highest BCUT2D eigenvalue weighted by Crippen LogP contribution is 2.36. The number of carbonyl (C=O) groups excluding carboxylic acids is 1. The topological polar surface area (TPSA) is 93.5 Å². The van der Waals surface area contributed by atoms with Gasteiger partial charge in [0.1, 0.15) is 17.2 Å². The minimum absolute atomic E-state index is 0.00605. The van der Waals surface area contributed by atoms with Crippen molar-refractivity contribution < 1.29 is 13.9 Å². The molecule has 5 rings (SSSR count). The number of fused-ring (bicyclic) bond motifs is 1. The Morgan fingerprint density at radius 1 is 1.11 bits per heavy atom. The number of aromatic nitrogens is 4. The lowest BCUT2D eigenvalue weighted by molar-refractivity contribution is 0.0218. The van der Waals surface area contributed by atoms with Crippen molar-refractivity contribution in [2.24, 2.45) is 0 Å². The van der Waals surface area contributed by atoms with Gasteiger partial charge in [-0.15, -0.1) is 0 Å². The van der Waals surface area contributed by atoms with Crippen molar-refractivity contribution in [3.05, 3.63) is 74.7 Å². The van der Waals surface area contributed by atoms with Gasteiger partial charge in [0.25, 0.3) is 0 Å². The third kappa shape index (κ3) is 5.87. The van der Waals surface area contributed by atoms with Gasteiger partial charge in [0, 0.05) is 37.4 Å². The van der Waals surface area contributed by atoms with Gasteiger partial charge >= 0.3 is 11.8 Å². The van der Waals surface area contributed by atoms with E-state index in [1.165, 1.54) is 4.57 Å². The fourth-order valence-electron chi connectivity index (χ4n) is 5.59. The Kier molecular flexibility index (Phi) is 8.41. The minimum atomic E-state index is -0.615. The van der Waals surface area contributed by atoms with Crippen LogP contribution in [-0.4, -0.2) is 61.8 Å². The Morgan fingerprint density at radius 3 is 2.50 bits per heavy atom. The number of rotatable bonds is 4. The molecule has 1 aliphatic heterocycles. The number of amides is 1. The van der Waals surface area contributed by atoms with Crippen molar-refractivity contribution in [2.45, 2.75) is 73.0 Å². The van der Waals surface area contributed by atoms with Gasteiger partial charge in [-0.3, -0.25) is 4.98 Å². The molecule has 44 heavy (non-hydrogen) atoms. The summed E-state index contributed by atoms with van der Waals surface area (Å²) < 4.78 is 22.4. The van der Waals surface area contributed by atoms with Crippen LogP contribution >= 0.6 is 11.6 Å². The first-order chi connectivity index (χ1) is 20.7. The molecule has 4 heterocycles. The molecule has 4 aromatic rings. The van der Waals surface area contributed by atoms with Crippen LogP contribution < -0.4 is 10.6 Å². The number of piperazine rings is 1. The first-order valence-electron chi connectivity index (χ1n) is 14.8. The van der Waals surface area contributed by atoms with Crippen molar-refractivity contribution in [1.29, 1.82) is 0 Å². The zero-order valence-electron chi connectivity index (χ0n) is 26.4. The third-order valence-corrected chi connectivity index (χ3v) is 8.01. The van der Waals surface area contributed by atoms with E-state index < -0.39 is 17.1 Å². The Morgan fingerprint density at radius 2 is 1.84 bits per heavy atom. The average Bonchev–Trinajstić information content (AvgIpc) is 2.93. The van der Waals surface area contributed by atoms with E-state index >= 15 is 4.39 Å². The summed E-state index contributed by atoms with van der Waals surface area (Å²) in [6, 6.07) is 8.38. The van der Waals surface area contributed by atoms with E-state index in [2.05, 4.69) is 9.97 Å². The summed E-state index contributed by atoms with van der Waals surface area (Å²) in [4.78, 5) is 44.6. The van der Waals surface area contributed by atoms with Gasteiger partial charge in [0.2, 0.25) is 0 Å². The second-order valence-corrected chi connectivity index (χ2v) is 13.1. The van der Waals surface area contributed by atoms with E-state index in [1.54, 1.807) is 42.3 Å². The van der Waals surface area contributed by atoms with Gasteiger partial charge in [-0.05, 0) is 76.8 Å². The molecule has 0 bridgehead atoms. The molecular weight excluding hydrogens is 583 g/mol. The second kappa shape index (κ2) is 11.8. The highest BCUT2D eigenvalue weighted by molar-refractivity contribution is 6.33. The monoisotopic (exact) mass is 620 g/mol. The number of benzene rings is 1. The number of hydrogen-bond donors (Lipinski definition) is 0. The van der Waals surface area contributed by atoms with Crippen molar-refractivity contribution in [3.8, 4) is 16.9 Å². The summed E-state index contributed by atoms with van der Waals surface area (Å²) in [6.07, 6.45) is 1.33. The molecule has 1 aliphatic rings. The zero-order valence-corrected chi connectivity index (χ0v) is 27.2. The van der Waals surface area contributed by atoms with Gasteiger partial charge in [0.15, 0.2) is 5.65 Å². The molecule has 9 nitrogen and oxygen atoms in total. The van der Waals surface area contributed by atoms with Crippen LogP contribution in [0.4, 0.5) is 15.0 Å². The maximum atomic E-state index is 15.4. The number of anilines is 1. The van der Waals surface area contributed by atoms with Gasteiger partial charge in [0.05, 0.1) is 27.5 Å². The second-order valence-electron chi connectivity index (χ2n) is 12.7. The lowest BCUT2D eigenvalue weighted by Crippen LogP contribution is -2.55. The van der Waals surface area contributed by atoms with E-state index in [4.69, 9.17) is 21.3 Å². The SMILES string of the molecule is Cc1cccc(-c2nc3c(cc2Cl)c(N2CCN(C(=O)OC(C)(C)C)C[C@@H]2C)nc(=O)n3-c2c(C)ccnc2C(C)C)c1F. The molecule has 0 N–H and O–H groups in total. The van der Waals surface area contributed by atoms with Crippen molar-refractivity contribution in [3.63, 3.8) is 0 Å². The standard InChI is InChI=1S/C33H38ClFN6O3/c1-18(2)26-28(20(4)12-13-36-26)41-30-23(16-24(34)27(37-30)22-11-9-10-19(3)25(22)35)29(38-31(41)42)40-15-14-39(17-21(40)5)32(43)44-33(6,7)8/h9-13,16,18,21H,14-15,17H2,1-8H3/t21-/m0/s1. The van der Waals surface area contributed by atoms with Crippen LogP contribution in [0.1, 0.15) is 64.3 Å². The average molecular weight is 621 g/mol. The molecule has 1 saturated heterocycles. The molecule has 0 unspecified atom stereocenters. The van der Waals surface area contributed by atoms with Crippen LogP contribution in [0.5, 0.6) is 0 Å². The largest absolute Gasteiger partial charge is 0.444 e. The van der Waals surface area contributed by atoms with E-state index in [0.717, 1.165) is 5.56 Å². The predicted octanol–water partition coefficient (Wildman–Crippen LogP) is 6.82. The van der Waals surface area contributed by atoms with E-state index in [9.17, 15) is 9.59 Å². The molecule has 1 amide bonds. The van der Waals surface area contributed by atoms with Crippen molar-refractivity contribution in [2.75, 3.05) is 24.5 Å². The quantitative estimate of drug-likeness (QED) is 0.247. The minimum Gasteiger partial charge on any atom is -0.444 e. The first-order valence-corrected chi connectivity index (χ1v) is 15.1. The Balaban J connectivity index is 1.73. The van der Waals surface area contributed by atoms with E-state index in [-0.39, 0.29) is 34.3 Å². The molecule has 0 saturated carbocycles. The maximum Gasteiger partial charge on any atom is 0.410 e. The molecule has 11 heteroatoms. The molecule has 1 fully saturated rings. The number of nitrogens with zero attached hydrogens (tertiary/aromatic N) is 6. The van der Waals surface area contributed by atoms with Gasteiger partial charge in [-0.25, -0.2) is 23.5 Å². The van der Waals surface area contributed by atoms with Crippen LogP contribution in [0.3, 0.4) is 0 Å². The number of aryl methyl sites for hydroxylation is 2. The van der Waals surface area contributed by atoms with Gasteiger partial charge in [-0.1, -0.05) is 37.6 Å². The summed E-state index contributed by atoms with van der Waals surface area (Å²) in [6.45, 7) is 16.2. The zero-order chi connectivity index (χ0) is 32.1. The van der Waals surface area contributed by atoms with Gasteiger partial charge in [-0.2, -0.15) is 4.98 Å². The molecule has 232 valence electrons.